The van der Waals surface area contributed by atoms with Gasteiger partial charge in [0.15, 0.2) is 5.17 Å². The van der Waals surface area contributed by atoms with Crippen LogP contribution in [0.15, 0.2) is 40.2 Å². The molecule has 1 aliphatic heterocycles. The Morgan fingerprint density at radius 2 is 1.83 bits per heavy atom. The highest BCUT2D eigenvalue weighted by Gasteiger charge is 2.22. The number of rotatable bonds is 6. The number of thioether (sulfide) groups is 1. The Labute approximate surface area is 188 Å². The Morgan fingerprint density at radius 3 is 2.47 bits per heavy atom. The van der Waals surface area contributed by atoms with Crippen LogP contribution in [0.3, 0.4) is 0 Å². The molecule has 0 saturated carbocycles. The number of ether oxygens (including phenoxy) is 2. The van der Waals surface area contributed by atoms with Crippen LogP contribution in [-0.4, -0.2) is 46.0 Å². The average molecular weight is 490 g/mol. The number of anilines is 1. The topological polar surface area (TPSA) is 106 Å². The molecule has 30 heavy (non-hydrogen) atoms. The van der Waals surface area contributed by atoms with Crippen molar-refractivity contribution in [3.8, 4) is 11.5 Å². The number of nitrogens with one attached hydrogen (secondary N) is 2. The van der Waals surface area contributed by atoms with Crippen molar-refractivity contribution < 1.29 is 22.7 Å². The van der Waals surface area contributed by atoms with Gasteiger partial charge in [-0.3, -0.25) is 14.5 Å². The van der Waals surface area contributed by atoms with E-state index in [1.807, 2.05) is 0 Å². The van der Waals surface area contributed by atoms with Gasteiger partial charge >= 0.3 is 0 Å². The molecule has 0 atom stereocenters. The van der Waals surface area contributed by atoms with E-state index in [-0.39, 0.29) is 31.9 Å². The van der Waals surface area contributed by atoms with Crippen molar-refractivity contribution in [3.63, 3.8) is 0 Å². The Bertz CT molecular complexity index is 1120. The molecule has 160 valence electrons. The van der Waals surface area contributed by atoms with Gasteiger partial charge < -0.3 is 14.8 Å². The Hall–Kier alpha value is -2.14. The van der Waals surface area contributed by atoms with Crippen LogP contribution in [0.2, 0.25) is 10.0 Å². The Morgan fingerprint density at radius 1 is 1.10 bits per heavy atom. The number of carbonyl (C=O) groups is 1. The number of aliphatic imine (C=N–C) groups is 1. The van der Waals surface area contributed by atoms with Gasteiger partial charge in [0.1, 0.15) is 11.5 Å². The highest BCUT2D eigenvalue weighted by molar-refractivity contribution is 8.14. The third-order valence-corrected chi connectivity index (χ3v) is 6.90. The van der Waals surface area contributed by atoms with Gasteiger partial charge in [-0.25, -0.2) is 8.42 Å². The summed E-state index contributed by atoms with van der Waals surface area (Å²) in [6, 6.07) is 6.65. The number of hydrogen-bond donors (Lipinski definition) is 2. The molecule has 8 nitrogen and oxygen atoms in total. The number of hydrogen-bond acceptors (Lipinski definition) is 7. The predicted molar refractivity (Wildman–Crippen MR) is 119 cm³/mol. The van der Waals surface area contributed by atoms with Crippen LogP contribution in [0.25, 0.3) is 0 Å². The number of methoxy groups -OCH3 is 2. The molecule has 2 N–H and O–H groups in total. The fraction of sp³-hybridized carbons (Fsp3) is 0.222. The van der Waals surface area contributed by atoms with E-state index in [0.29, 0.717) is 17.5 Å². The zero-order valence-electron chi connectivity index (χ0n) is 15.9. The summed E-state index contributed by atoms with van der Waals surface area (Å²) in [5.41, 5.74) is 0.121. The van der Waals surface area contributed by atoms with E-state index in [9.17, 15) is 13.2 Å². The van der Waals surface area contributed by atoms with Crippen LogP contribution >= 0.6 is 35.0 Å². The highest BCUT2D eigenvalue weighted by atomic mass is 35.5. The number of nitrogens with zero attached hydrogens (tertiary/aromatic N) is 1. The van der Waals surface area contributed by atoms with Gasteiger partial charge in [-0.05, 0) is 24.3 Å². The number of amides is 1. The van der Waals surface area contributed by atoms with Gasteiger partial charge in [0.25, 0.3) is 15.9 Å². The second kappa shape index (κ2) is 9.34. The first kappa shape index (κ1) is 22.5. The lowest BCUT2D eigenvalue weighted by Crippen LogP contribution is -2.28. The van der Waals surface area contributed by atoms with Crippen LogP contribution < -0.4 is 19.5 Å². The summed E-state index contributed by atoms with van der Waals surface area (Å²) in [6.07, 6.45) is 0. The molecule has 1 heterocycles. The lowest BCUT2D eigenvalue weighted by molar-refractivity contribution is 0.0978. The average Bonchev–Trinajstić information content (AvgIpc) is 3.21. The SMILES string of the molecule is COc1cc(OC)c(NS(=O)(=O)c2ccc(Cl)c(C(=O)NC3=NCCS3)c2)cc1Cl. The molecule has 1 aliphatic rings. The largest absolute Gasteiger partial charge is 0.495 e. The molecule has 3 rings (SSSR count). The minimum Gasteiger partial charge on any atom is -0.495 e. The summed E-state index contributed by atoms with van der Waals surface area (Å²) in [5, 5.41) is 3.41. The zero-order chi connectivity index (χ0) is 21.9. The lowest BCUT2D eigenvalue weighted by atomic mass is 10.2. The molecule has 2 aromatic carbocycles. The molecule has 0 aliphatic carbocycles. The third kappa shape index (κ3) is 4.94. The van der Waals surface area contributed by atoms with Crippen molar-refractivity contribution in [2.75, 3.05) is 31.2 Å². The molecule has 12 heteroatoms. The van der Waals surface area contributed by atoms with E-state index in [4.69, 9.17) is 32.7 Å². The number of sulfonamides is 1. The van der Waals surface area contributed by atoms with Crippen molar-refractivity contribution in [1.82, 2.24) is 5.32 Å². The summed E-state index contributed by atoms with van der Waals surface area (Å²) in [6.45, 7) is 0.610. The minimum absolute atomic E-state index is 0.00877. The molecular formula is C18H17Cl2N3O5S2. The summed E-state index contributed by atoms with van der Waals surface area (Å²) in [7, 11) is -1.27. The van der Waals surface area contributed by atoms with Crippen molar-refractivity contribution in [3.05, 3.63) is 45.9 Å². The maximum absolute atomic E-state index is 12.9. The fourth-order valence-electron chi connectivity index (χ4n) is 2.56. The van der Waals surface area contributed by atoms with Gasteiger partial charge in [0, 0.05) is 11.8 Å². The quantitative estimate of drug-likeness (QED) is 0.641. The lowest BCUT2D eigenvalue weighted by Gasteiger charge is -2.15. The molecule has 1 amide bonds. The van der Waals surface area contributed by atoms with Gasteiger partial charge in [-0.2, -0.15) is 0 Å². The Balaban J connectivity index is 1.91. The molecule has 0 unspecified atom stereocenters. The smallest absolute Gasteiger partial charge is 0.262 e. The van der Waals surface area contributed by atoms with Gasteiger partial charge in [-0.15, -0.1) is 0 Å². The molecular weight excluding hydrogens is 473 g/mol. The number of carbonyl (C=O) groups excluding carboxylic acids is 1. The van der Waals surface area contributed by atoms with Gasteiger partial charge in [-0.1, -0.05) is 35.0 Å². The first-order chi connectivity index (χ1) is 14.2. The van der Waals surface area contributed by atoms with Crippen molar-refractivity contribution in [2.24, 2.45) is 4.99 Å². The fourth-order valence-corrected chi connectivity index (χ4v) is 4.82. The molecule has 0 saturated heterocycles. The highest BCUT2D eigenvalue weighted by Crippen LogP contribution is 2.37. The van der Waals surface area contributed by atoms with E-state index >= 15 is 0 Å². The van der Waals surface area contributed by atoms with E-state index in [1.165, 1.54) is 56.3 Å². The second-order valence-corrected chi connectivity index (χ2v) is 9.50. The molecule has 2 aromatic rings. The zero-order valence-corrected chi connectivity index (χ0v) is 19.0. The summed E-state index contributed by atoms with van der Waals surface area (Å²) < 4.78 is 38.6. The van der Waals surface area contributed by atoms with E-state index in [2.05, 4.69) is 15.0 Å². The molecule has 0 fully saturated rings. The molecule has 0 aromatic heterocycles. The standard InChI is InChI=1S/C18H17Cl2N3O5S2/c1-27-15-9-16(28-2)14(8-13(15)20)23-30(25,26)10-3-4-12(19)11(7-10)17(24)22-18-21-5-6-29-18/h3-4,7-9,23H,5-6H2,1-2H3,(H,21,22,24). The predicted octanol–water partition coefficient (Wildman–Crippen LogP) is 3.64. The number of benzene rings is 2. The second-order valence-electron chi connectivity index (χ2n) is 5.92. The maximum atomic E-state index is 12.9. The Kier molecular flexibility index (Phi) is 7.02. The van der Waals surface area contributed by atoms with Crippen molar-refractivity contribution in [2.45, 2.75) is 4.90 Å². The first-order valence-electron chi connectivity index (χ1n) is 8.47. The first-order valence-corrected chi connectivity index (χ1v) is 11.7. The van der Waals surface area contributed by atoms with Crippen molar-refractivity contribution in [1.29, 1.82) is 0 Å². The van der Waals surface area contributed by atoms with Gasteiger partial charge in [0.05, 0.1) is 47.0 Å². The normalized spacial score (nSPS) is 13.5. The third-order valence-electron chi connectivity index (χ3n) is 4.02. The molecule has 0 radical (unpaired) electrons. The monoisotopic (exact) mass is 489 g/mol. The summed E-state index contributed by atoms with van der Waals surface area (Å²) in [5.74, 6) is 0.765. The van der Waals surface area contributed by atoms with E-state index < -0.39 is 15.9 Å². The number of amidine groups is 1. The summed E-state index contributed by atoms with van der Waals surface area (Å²) in [4.78, 5) is 16.5. The van der Waals surface area contributed by atoms with Crippen LogP contribution in [0.5, 0.6) is 11.5 Å². The van der Waals surface area contributed by atoms with Gasteiger partial charge in [0.2, 0.25) is 0 Å². The van der Waals surface area contributed by atoms with E-state index in [0.717, 1.165) is 5.75 Å². The molecule has 0 spiro atoms. The van der Waals surface area contributed by atoms with Crippen LogP contribution in [-0.2, 0) is 10.0 Å². The van der Waals surface area contributed by atoms with Crippen molar-refractivity contribution >= 4 is 61.7 Å². The maximum Gasteiger partial charge on any atom is 0.262 e. The minimum atomic E-state index is -4.09. The van der Waals surface area contributed by atoms with E-state index in [1.54, 1.807) is 0 Å². The summed E-state index contributed by atoms with van der Waals surface area (Å²) >= 11 is 13.6. The van der Waals surface area contributed by atoms with Crippen LogP contribution in [0, 0.1) is 0 Å². The number of halogens is 2. The van der Waals surface area contributed by atoms with Crippen LogP contribution in [0.1, 0.15) is 10.4 Å². The van der Waals surface area contributed by atoms with Crippen LogP contribution in [0.4, 0.5) is 5.69 Å². The molecule has 0 bridgehead atoms.